The minimum absolute atomic E-state index is 0.00892. The number of aromatic amines is 1. The van der Waals surface area contributed by atoms with Crippen LogP contribution in [0.15, 0.2) is 4.79 Å². The van der Waals surface area contributed by atoms with E-state index in [0.29, 0.717) is 5.82 Å². The Morgan fingerprint density at radius 1 is 1.33 bits per heavy atom. The summed E-state index contributed by atoms with van der Waals surface area (Å²) in [6.07, 6.45) is 0. The van der Waals surface area contributed by atoms with Crippen molar-refractivity contribution in [2.75, 3.05) is 0 Å². The molecule has 1 N–H and O–H groups in total. The molecule has 78 valence electrons. The van der Waals surface area contributed by atoms with Crippen molar-refractivity contribution in [2.45, 2.75) is 13.8 Å². The van der Waals surface area contributed by atoms with Crippen LogP contribution < -0.4 is 5.56 Å². The smallest absolute Gasteiger partial charge is 0.262 e. The Morgan fingerprint density at radius 2 is 2.00 bits per heavy atom. The molecule has 4 nitrogen and oxygen atoms in total. The molecule has 0 saturated carbocycles. The number of rotatable bonds is 0. The van der Waals surface area contributed by atoms with Gasteiger partial charge in [0.15, 0.2) is 5.82 Å². The SMILES string of the molecule is Cc1nc2c(F)c(C)nc(Cl)c2c(=O)[nH]1. The lowest BCUT2D eigenvalue weighted by Crippen LogP contribution is -2.12. The summed E-state index contributed by atoms with van der Waals surface area (Å²) in [5, 5.41) is -0.0389. The summed E-state index contributed by atoms with van der Waals surface area (Å²) < 4.78 is 13.6. The van der Waals surface area contributed by atoms with Crippen molar-refractivity contribution >= 4 is 22.5 Å². The van der Waals surface area contributed by atoms with Gasteiger partial charge in [-0.25, -0.2) is 14.4 Å². The molecule has 2 rings (SSSR count). The second-order valence-electron chi connectivity index (χ2n) is 3.18. The van der Waals surface area contributed by atoms with Gasteiger partial charge < -0.3 is 4.98 Å². The zero-order valence-corrected chi connectivity index (χ0v) is 8.81. The summed E-state index contributed by atoms with van der Waals surface area (Å²) in [5.41, 5.74) is -0.382. The number of hydrogen-bond donors (Lipinski definition) is 1. The zero-order valence-electron chi connectivity index (χ0n) is 8.06. The number of fused-ring (bicyclic) bond motifs is 1. The molecule has 0 saturated heterocycles. The summed E-state index contributed by atoms with van der Waals surface area (Å²) in [7, 11) is 0. The van der Waals surface area contributed by atoms with Crippen LogP contribution in [0.25, 0.3) is 10.9 Å². The third-order valence-corrected chi connectivity index (χ3v) is 2.31. The quantitative estimate of drug-likeness (QED) is 0.698. The average molecular weight is 228 g/mol. The van der Waals surface area contributed by atoms with Gasteiger partial charge in [0.05, 0.1) is 5.69 Å². The van der Waals surface area contributed by atoms with E-state index in [4.69, 9.17) is 11.6 Å². The van der Waals surface area contributed by atoms with Crippen LogP contribution in [0.2, 0.25) is 5.15 Å². The molecule has 2 heterocycles. The fourth-order valence-electron chi connectivity index (χ4n) is 1.36. The maximum atomic E-state index is 13.6. The number of halogens is 2. The van der Waals surface area contributed by atoms with E-state index < -0.39 is 11.4 Å². The first-order valence-electron chi connectivity index (χ1n) is 4.23. The maximum Gasteiger partial charge on any atom is 0.262 e. The van der Waals surface area contributed by atoms with Gasteiger partial charge in [-0.1, -0.05) is 11.6 Å². The van der Waals surface area contributed by atoms with Crippen molar-refractivity contribution in [1.82, 2.24) is 15.0 Å². The standard InChI is InChI=1S/C9H7ClFN3O/c1-3-6(11)7-5(8(10)12-3)9(15)14-4(2)13-7/h1-2H3,(H,13,14,15). The molecule has 0 aromatic carbocycles. The van der Waals surface area contributed by atoms with Gasteiger partial charge in [-0.3, -0.25) is 4.79 Å². The summed E-state index contributed by atoms with van der Waals surface area (Å²) in [5.74, 6) is -0.267. The zero-order chi connectivity index (χ0) is 11.2. The van der Waals surface area contributed by atoms with Crippen LogP contribution in [-0.2, 0) is 0 Å². The number of H-pyrrole nitrogens is 1. The van der Waals surface area contributed by atoms with Crippen LogP contribution in [0.1, 0.15) is 11.5 Å². The number of aryl methyl sites for hydroxylation is 2. The van der Waals surface area contributed by atoms with E-state index in [2.05, 4.69) is 15.0 Å². The molecule has 0 amide bonds. The van der Waals surface area contributed by atoms with Crippen molar-refractivity contribution in [3.05, 3.63) is 32.8 Å². The highest BCUT2D eigenvalue weighted by molar-refractivity contribution is 6.34. The van der Waals surface area contributed by atoms with Crippen LogP contribution in [0.4, 0.5) is 4.39 Å². The molecule has 0 aliphatic carbocycles. The first-order valence-corrected chi connectivity index (χ1v) is 4.60. The molecular formula is C9H7ClFN3O. The molecule has 2 aromatic heterocycles. The van der Waals surface area contributed by atoms with E-state index >= 15 is 0 Å². The minimum Gasteiger partial charge on any atom is -0.310 e. The molecule has 0 aliphatic heterocycles. The maximum absolute atomic E-state index is 13.6. The van der Waals surface area contributed by atoms with E-state index in [0.717, 1.165) is 0 Å². The molecule has 0 atom stereocenters. The molecule has 0 fully saturated rings. The fraction of sp³-hybridized carbons (Fsp3) is 0.222. The normalized spacial score (nSPS) is 10.9. The molecule has 15 heavy (non-hydrogen) atoms. The average Bonchev–Trinajstić information content (AvgIpc) is 2.12. The highest BCUT2D eigenvalue weighted by Crippen LogP contribution is 2.20. The van der Waals surface area contributed by atoms with Crippen LogP contribution in [-0.4, -0.2) is 15.0 Å². The topological polar surface area (TPSA) is 58.6 Å². The molecule has 2 aromatic rings. The number of aromatic nitrogens is 3. The van der Waals surface area contributed by atoms with E-state index in [9.17, 15) is 9.18 Å². The van der Waals surface area contributed by atoms with Crippen LogP contribution in [0, 0.1) is 19.7 Å². The molecular weight excluding hydrogens is 221 g/mol. The monoisotopic (exact) mass is 227 g/mol. The van der Waals surface area contributed by atoms with Gasteiger partial charge in [0.2, 0.25) is 0 Å². The summed E-state index contributed by atoms with van der Waals surface area (Å²) in [4.78, 5) is 21.6. The van der Waals surface area contributed by atoms with Crippen LogP contribution >= 0.6 is 11.6 Å². The largest absolute Gasteiger partial charge is 0.310 e. The predicted octanol–water partition coefficient (Wildman–Crippen LogP) is 1.73. The number of hydrogen-bond acceptors (Lipinski definition) is 3. The Labute approximate surface area is 89.1 Å². The number of nitrogens with one attached hydrogen (secondary N) is 1. The Hall–Kier alpha value is -1.49. The highest BCUT2D eigenvalue weighted by Gasteiger charge is 2.14. The number of pyridine rings is 1. The second kappa shape index (κ2) is 3.27. The van der Waals surface area contributed by atoms with Gasteiger partial charge >= 0.3 is 0 Å². The minimum atomic E-state index is -0.608. The third-order valence-electron chi connectivity index (χ3n) is 2.04. The van der Waals surface area contributed by atoms with E-state index in [1.54, 1.807) is 6.92 Å². The van der Waals surface area contributed by atoms with Crippen LogP contribution in [0.5, 0.6) is 0 Å². The Kier molecular flexibility index (Phi) is 2.19. The van der Waals surface area contributed by atoms with Gasteiger partial charge in [-0.15, -0.1) is 0 Å². The Bertz CT molecular complexity index is 608. The van der Waals surface area contributed by atoms with E-state index in [1.807, 2.05) is 0 Å². The van der Waals surface area contributed by atoms with Crippen molar-refractivity contribution < 1.29 is 4.39 Å². The summed E-state index contributed by atoms with van der Waals surface area (Å²) in [6, 6.07) is 0. The lowest BCUT2D eigenvalue weighted by atomic mass is 10.2. The van der Waals surface area contributed by atoms with Crippen molar-refractivity contribution in [3.8, 4) is 0 Å². The molecule has 0 spiro atoms. The van der Waals surface area contributed by atoms with Gasteiger partial charge in [0.25, 0.3) is 5.56 Å². The molecule has 0 aliphatic rings. The predicted molar refractivity (Wildman–Crippen MR) is 54.6 cm³/mol. The Balaban J connectivity index is 3.10. The van der Waals surface area contributed by atoms with Crippen molar-refractivity contribution in [2.24, 2.45) is 0 Å². The van der Waals surface area contributed by atoms with Gasteiger partial charge in [0.1, 0.15) is 21.9 Å². The molecule has 0 bridgehead atoms. The summed E-state index contributed by atoms with van der Waals surface area (Å²) in [6.45, 7) is 3.04. The summed E-state index contributed by atoms with van der Waals surface area (Å²) >= 11 is 5.75. The van der Waals surface area contributed by atoms with Gasteiger partial charge in [0, 0.05) is 0 Å². The van der Waals surface area contributed by atoms with E-state index in [-0.39, 0.29) is 21.7 Å². The number of nitrogens with zero attached hydrogens (tertiary/aromatic N) is 2. The lowest BCUT2D eigenvalue weighted by Gasteiger charge is -2.03. The van der Waals surface area contributed by atoms with E-state index in [1.165, 1.54) is 6.92 Å². The molecule has 0 unspecified atom stereocenters. The van der Waals surface area contributed by atoms with Crippen molar-refractivity contribution in [3.63, 3.8) is 0 Å². The highest BCUT2D eigenvalue weighted by atomic mass is 35.5. The third kappa shape index (κ3) is 1.48. The van der Waals surface area contributed by atoms with Gasteiger partial charge in [-0.2, -0.15) is 0 Å². The van der Waals surface area contributed by atoms with Gasteiger partial charge in [-0.05, 0) is 13.8 Å². The first-order chi connectivity index (χ1) is 7.00. The molecule has 6 heteroatoms. The lowest BCUT2D eigenvalue weighted by molar-refractivity contribution is 0.618. The van der Waals surface area contributed by atoms with Crippen molar-refractivity contribution in [1.29, 1.82) is 0 Å². The Morgan fingerprint density at radius 3 is 2.67 bits per heavy atom. The van der Waals surface area contributed by atoms with Crippen LogP contribution in [0.3, 0.4) is 0 Å². The molecule has 0 radical (unpaired) electrons. The second-order valence-corrected chi connectivity index (χ2v) is 3.53. The fourth-order valence-corrected chi connectivity index (χ4v) is 1.66. The first kappa shape index (κ1) is 10.0.